The summed E-state index contributed by atoms with van der Waals surface area (Å²) in [6.45, 7) is 2.15. The van der Waals surface area contributed by atoms with Gasteiger partial charge in [0.2, 0.25) is 0 Å². The van der Waals surface area contributed by atoms with Gasteiger partial charge < -0.3 is 0 Å². The second-order valence-electron chi connectivity index (χ2n) is 4.95. The van der Waals surface area contributed by atoms with Gasteiger partial charge in [-0.15, -0.1) is 11.3 Å². The van der Waals surface area contributed by atoms with E-state index in [0.29, 0.717) is 12.2 Å². The van der Waals surface area contributed by atoms with Crippen LogP contribution < -0.4 is 0 Å². The Bertz CT molecular complexity index is 377. The van der Waals surface area contributed by atoms with Gasteiger partial charge in [0.25, 0.3) is 0 Å². The van der Waals surface area contributed by atoms with Crippen LogP contribution in [0.25, 0.3) is 0 Å². The summed E-state index contributed by atoms with van der Waals surface area (Å²) in [5.74, 6) is 0.432. The van der Waals surface area contributed by atoms with Gasteiger partial charge in [-0.3, -0.25) is 4.79 Å². The maximum atomic E-state index is 12.3. The molecule has 0 aromatic carbocycles. The lowest BCUT2D eigenvalue weighted by molar-refractivity contribution is -0.128. The third kappa shape index (κ3) is 2.75. The summed E-state index contributed by atoms with van der Waals surface area (Å²) in [4.78, 5) is 13.5. The first kappa shape index (κ1) is 12.3. The van der Waals surface area contributed by atoms with Crippen LogP contribution in [0.4, 0.5) is 0 Å². The Balaban J connectivity index is 2.01. The minimum atomic E-state index is -0.0469. The van der Waals surface area contributed by atoms with Crippen LogP contribution in [0.15, 0.2) is 15.9 Å². The highest BCUT2D eigenvalue weighted by atomic mass is 79.9. The molecule has 0 unspecified atom stereocenters. The van der Waals surface area contributed by atoms with Gasteiger partial charge in [0, 0.05) is 26.6 Å². The zero-order valence-electron chi connectivity index (χ0n) is 9.59. The van der Waals surface area contributed by atoms with Crippen LogP contribution in [0.1, 0.15) is 43.9 Å². The van der Waals surface area contributed by atoms with E-state index >= 15 is 0 Å². The molecule has 0 bridgehead atoms. The zero-order valence-corrected chi connectivity index (χ0v) is 12.0. The molecule has 1 aromatic heterocycles. The van der Waals surface area contributed by atoms with E-state index in [-0.39, 0.29) is 5.41 Å². The highest BCUT2D eigenvalue weighted by Crippen LogP contribution is 2.37. The lowest BCUT2D eigenvalue weighted by Gasteiger charge is -2.31. The highest BCUT2D eigenvalue weighted by Gasteiger charge is 2.33. The van der Waals surface area contributed by atoms with Crippen molar-refractivity contribution in [2.24, 2.45) is 5.41 Å². The van der Waals surface area contributed by atoms with Gasteiger partial charge in [0.15, 0.2) is 0 Å². The Morgan fingerprint density at radius 1 is 1.44 bits per heavy atom. The van der Waals surface area contributed by atoms with Crippen molar-refractivity contribution in [1.82, 2.24) is 0 Å². The van der Waals surface area contributed by atoms with Crippen molar-refractivity contribution in [2.45, 2.75) is 45.4 Å². The number of carbonyl (C=O) groups excluding carboxylic acids is 1. The largest absolute Gasteiger partial charge is 0.299 e. The Labute approximate surface area is 109 Å². The molecule has 0 radical (unpaired) electrons. The molecule has 1 aromatic rings. The summed E-state index contributed by atoms with van der Waals surface area (Å²) in [6, 6.07) is 2.06. The number of Topliss-reactive ketones (excluding diaryl/α,β-unsaturated/α-hetero) is 1. The van der Waals surface area contributed by atoms with Crippen molar-refractivity contribution >= 4 is 33.0 Å². The average molecular weight is 301 g/mol. The Morgan fingerprint density at radius 3 is 2.69 bits per heavy atom. The number of hydrogen-bond donors (Lipinski definition) is 0. The summed E-state index contributed by atoms with van der Waals surface area (Å²) < 4.78 is 1.09. The highest BCUT2D eigenvalue weighted by molar-refractivity contribution is 9.10. The molecule has 1 aliphatic rings. The quantitative estimate of drug-likeness (QED) is 0.798. The van der Waals surface area contributed by atoms with E-state index in [4.69, 9.17) is 0 Å². The number of thiophene rings is 1. The molecule has 0 amide bonds. The summed E-state index contributed by atoms with van der Waals surface area (Å²) in [6.07, 6.45) is 6.52. The fourth-order valence-electron chi connectivity index (χ4n) is 2.43. The third-order valence-corrected chi connectivity index (χ3v) is 5.28. The van der Waals surface area contributed by atoms with Crippen molar-refractivity contribution in [3.05, 3.63) is 20.8 Å². The fraction of sp³-hybridized carbons (Fsp3) is 0.615. The van der Waals surface area contributed by atoms with Crippen LogP contribution in [0.5, 0.6) is 0 Å². The second kappa shape index (κ2) is 5.01. The molecule has 1 heterocycles. The molecule has 3 heteroatoms. The van der Waals surface area contributed by atoms with Gasteiger partial charge in [-0.25, -0.2) is 0 Å². The molecule has 0 N–H and O–H groups in total. The molecule has 2 rings (SSSR count). The third-order valence-electron chi connectivity index (χ3n) is 3.59. The molecule has 0 saturated heterocycles. The molecule has 0 aliphatic heterocycles. The molecule has 1 aliphatic carbocycles. The smallest absolute Gasteiger partial charge is 0.143 e. The standard InChI is InChI=1S/C13H17BrOS/c1-13(5-3-2-4-6-13)12(15)8-11-7-10(14)9-16-11/h7,9H,2-6,8H2,1H3. The van der Waals surface area contributed by atoms with Crippen molar-refractivity contribution in [3.8, 4) is 0 Å². The van der Waals surface area contributed by atoms with Crippen LogP contribution in [-0.4, -0.2) is 5.78 Å². The topological polar surface area (TPSA) is 17.1 Å². The normalized spacial score (nSPS) is 19.6. The zero-order chi connectivity index (χ0) is 11.6. The predicted molar refractivity (Wildman–Crippen MR) is 71.9 cm³/mol. The van der Waals surface area contributed by atoms with Gasteiger partial charge in [-0.2, -0.15) is 0 Å². The molecule has 0 atom stereocenters. The van der Waals surface area contributed by atoms with E-state index in [1.807, 2.05) is 5.38 Å². The summed E-state index contributed by atoms with van der Waals surface area (Å²) in [7, 11) is 0. The molecular formula is C13H17BrOS. The minimum Gasteiger partial charge on any atom is -0.299 e. The van der Waals surface area contributed by atoms with Crippen LogP contribution in [-0.2, 0) is 11.2 Å². The minimum absolute atomic E-state index is 0.0469. The lowest BCUT2D eigenvalue weighted by atomic mass is 9.72. The SMILES string of the molecule is CC1(C(=O)Cc2cc(Br)cs2)CCCCC1. The Kier molecular flexibility index (Phi) is 3.85. The van der Waals surface area contributed by atoms with Crippen molar-refractivity contribution in [2.75, 3.05) is 0 Å². The second-order valence-corrected chi connectivity index (χ2v) is 6.86. The van der Waals surface area contributed by atoms with E-state index < -0.39 is 0 Å². The first-order valence-corrected chi connectivity index (χ1v) is 7.54. The molecule has 88 valence electrons. The van der Waals surface area contributed by atoms with Gasteiger partial charge >= 0.3 is 0 Å². The van der Waals surface area contributed by atoms with Gasteiger partial charge in [0.1, 0.15) is 5.78 Å². The molecule has 1 nitrogen and oxygen atoms in total. The number of hydrogen-bond acceptors (Lipinski definition) is 2. The lowest BCUT2D eigenvalue weighted by Crippen LogP contribution is -2.31. The van der Waals surface area contributed by atoms with E-state index in [1.165, 1.54) is 24.1 Å². The van der Waals surface area contributed by atoms with E-state index in [1.54, 1.807) is 11.3 Å². The van der Waals surface area contributed by atoms with Crippen molar-refractivity contribution in [3.63, 3.8) is 0 Å². The summed E-state index contributed by atoms with van der Waals surface area (Å²) >= 11 is 5.10. The van der Waals surface area contributed by atoms with Crippen LogP contribution in [0, 0.1) is 5.41 Å². The van der Waals surface area contributed by atoms with E-state index in [9.17, 15) is 4.79 Å². The average Bonchev–Trinajstić information content (AvgIpc) is 2.65. The number of carbonyl (C=O) groups is 1. The van der Waals surface area contributed by atoms with Gasteiger partial charge in [-0.1, -0.05) is 26.2 Å². The maximum Gasteiger partial charge on any atom is 0.143 e. The maximum absolute atomic E-state index is 12.3. The van der Waals surface area contributed by atoms with Gasteiger partial charge in [-0.05, 0) is 34.8 Å². The molecule has 16 heavy (non-hydrogen) atoms. The van der Waals surface area contributed by atoms with Crippen LogP contribution in [0.3, 0.4) is 0 Å². The first-order chi connectivity index (χ1) is 7.60. The fourth-order valence-corrected chi connectivity index (χ4v) is 3.88. The summed E-state index contributed by atoms with van der Waals surface area (Å²) in [5, 5.41) is 2.05. The monoisotopic (exact) mass is 300 g/mol. The van der Waals surface area contributed by atoms with Crippen molar-refractivity contribution < 1.29 is 4.79 Å². The van der Waals surface area contributed by atoms with Crippen LogP contribution >= 0.6 is 27.3 Å². The number of halogens is 1. The van der Waals surface area contributed by atoms with E-state index in [0.717, 1.165) is 17.3 Å². The molecule has 0 spiro atoms. The van der Waals surface area contributed by atoms with Gasteiger partial charge in [0.05, 0.1) is 0 Å². The molecular weight excluding hydrogens is 284 g/mol. The number of rotatable bonds is 3. The van der Waals surface area contributed by atoms with Crippen molar-refractivity contribution in [1.29, 1.82) is 0 Å². The van der Waals surface area contributed by atoms with Crippen LogP contribution in [0.2, 0.25) is 0 Å². The Morgan fingerprint density at radius 2 is 2.12 bits per heavy atom. The summed E-state index contributed by atoms with van der Waals surface area (Å²) in [5.41, 5.74) is -0.0469. The number of ketones is 1. The van der Waals surface area contributed by atoms with E-state index in [2.05, 4.69) is 28.9 Å². The first-order valence-electron chi connectivity index (χ1n) is 5.86. The molecule has 1 fully saturated rings. The Hall–Kier alpha value is -0.150. The molecule has 1 saturated carbocycles. The predicted octanol–water partition coefficient (Wildman–Crippen LogP) is 4.59.